The van der Waals surface area contributed by atoms with Crippen molar-refractivity contribution in [2.75, 3.05) is 34.4 Å². The van der Waals surface area contributed by atoms with E-state index >= 15 is 0 Å². The van der Waals surface area contributed by atoms with E-state index in [9.17, 15) is 29.6 Å². The average molecular weight is 1130 g/mol. The molecular weight excluding hydrogens is 1060 g/mol. The van der Waals surface area contributed by atoms with E-state index < -0.39 is 35.7 Å². The molecular formula is C54H71FN6O13S3. The van der Waals surface area contributed by atoms with Crippen molar-refractivity contribution in [1.29, 1.82) is 0 Å². The Labute approximate surface area is 453 Å². The molecule has 0 saturated heterocycles. The molecule has 0 saturated carbocycles. The number of aromatic nitrogens is 4. The van der Waals surface area contributed by atoms with Crippen molar-refractivity contribution in [3.8, 4) is 51.7 Å². The van der Waals surface area contributed by atoms with Crippen molar-refractivity contribution in [2.45, 2.75) is 114 Å². The Morgan fingerprint density at radius 1 is 0.442 bits per heavy atom. The summed E-state index contributed by atoms with van der Waals surface area (Å²) in [4.78, 5) is 0.831. The van der Waals surface area contributed by atoms with Gasteiger partial charge >= 0.3 is 0 Å². The minimum atomic E-state index is -3.38. The molecule has 0 radical (unpaired) electrons. The van der Waals surface area contributed by atoms with Gasteiger partial charge in [0.15, 0.2) is 9.84 Å². The predicted octanol–water partition coefficient (Wildman–Crippen LogP) is 10.5. The zero-order chi connectivity index (χ0) is 57.7. The Kier molecular flexibility index (Phi) is 25.2. The molecule has 0 spiro atoms. The van der Waals surface area contributed by atoms with Crippen molar-refractivity contribution in [3.05, 3.63) is 134 Å². The van der Waals surface area contributed by atoms with Crippen LogP contribution in [-0.2, 0) is 29.9 Å². The van der Waals surface area contributed by atoms with Gasteiger partial charge in [-0.2, -0.15) is 0 Å². The molecule has 0 aliphatic rings. The summed E-state index contributed by atoms with van der Waals surface area (Å²) in [6.45, 7) is 19.2. The maximum absolute atomic E-state index is 13.5. The SMILES string of the molecule is CC(C)Oc1ccc(F)c(-c2nnco2)c1.CC(C)Oc1ccc(S(=O)(=O)N(C)C)cc1.CC(C)Oc1ccc(S(C)(=O)=O)cc1.CC(C)Oc1cccc(-c2nnco2)c1.CC(C)Oc1cccc(S(=O)(=O)N(C)C)c1. The Balaban J connectivity index is 0.000000254. The van der Waals surface area contributed by atoms with Gasteiger partial charge in [0.2, 0.25) is 38.7 Å². The van der Waals surface area contributed by atoms with E-state index in [1.54, 1.807) is 78.9 Å². The summed E-state index contributed by atoms with van der Waals surface area (Å²) in [5, 5.41) is 14.6. The fourth-order valence-corrected chi connectivity index (χ4v) is 8.45. The van der Waals surface area contributed by atoms with Gasteiger partial charge in [0.1, 0.15) is 34.6 Å². The van der Waals surface area contributed by atoms with Gasteiger partial charge in [-0.05, 0) is 166 Å². The molecule has 23 heteroatoms. The maximum atomic E-state index is 13.5. The molecule has 420 valence electrons. The van der Waals surface area contributed by atoms with Crippen molar-refractivity contribution in [2.24, 2.45) is 0 Å². The van der Waals surface area contributed by atoms with Crippen LogP contribution in [-0.4, -0.2) is 119 Å². The quantitative estimate of drug-likeness (QED) is 0.0824. The molecule has 0 fully saturated rings. The number of benzene rings is 5. The van der Waals surface area contributed by atoms with Crippen LogP contribution in [0.15, 0.2) is 152 Å². The average Bonchev–Trinajstić information content (AvgIpc) is 4.09. The smallest absolute Gasteiger partial charge is 0.250 e. The summed E-state index contributed by atoms with van der Waals surface area (Å²) in [6, 6.07) is 31.4. The van der Waals surface area contributed by atoms with Crippen LogP contribution in [0.1, 0.15) is 69.2 Å². The third-order valence-corrected chi connectivity index (χ3v) is 14.0. The van der Waals surface area contributed by atoms with E-state index in [2.05, 4.69) is 20.4 Å². The highest BCUT2D eigenvalue weighted by atomic mass is 32.2. The monoisotopic (exact) mass is 1130 g/mol. The van der Waals surface area contributed by atoms with Crippen LogP contribution in [0.5, 0.6) is 28.7 Å². The van der Waals surface area contributed by atoms with Crippen LogP contribution in [0.2, 0.25) is 0 Å². The fraction of sp³-hybridized carbons (Fsp3) is 0.370. The molecule has 2 heterocycles. The summed E-state index contributed by atoms with van der Waals surface area (Å²) >= 11 is 0. The van der Waals surface area contributed by atoms with Crippen LogP contribution in [0.4, 0.5) is 4.39 Å². The van der Waals surface area contributed by atoms with Gasteiger partial charge in [-0.1, -0.05) is 12.1 Å². The maximum Gasteiger partial charge on any atom is 0.250 e. The molecule has 77 heavy (non-hydrogen) atoms. The Bertz CT molecular complexity index is 3170. The number of hydrogen-bond donors (Lipinski definition) is 0. The van der Waals surface area contributed by atoms with Crippen LogP contribution >= 0.6 is 0 Å². The second kappa shape index (κ2) is 30.1. The number of sulfonamides is 2. The highest BCUT2D eigenvalue weighted by Gasteiger charge is 2.19. The molecule has 19 nitrogen and oxygen atoms in total. The van der Waals surface area contributed by atoms with Crippen molar-refractivity contribution < 1.29 is 62.2 Å². The number of rotatable bonds is 17. The summed E-state index contributed by atoms with van der Waals surface area (Å²) in [5.41, 5.74) is 1.11. The lowest BCUT2D eigenvalue weighted by Crippen LogP contribution is -2.22. The third kappa shape index (κ3) is 22.3. The molecule has 5 aromatic carbocycles. The summed E-state index contributed by atoms with van der Waals surface area (Å²) in [7, 11) is -3.80. The first-order valence-electron chi connectivity index (χ1n) is 24.1. The Morgan fingerprint density at radius 3 is 1.23 bits per heavy atom. The van der Waals surface area contributed by atoms with Gasteiger partial charge in [-0.3, -0.25) is 0 Å². The molecule has 0 bridgehead atoms. The molecule has 2 aromatic heterocycles. The number of sulfone groups is 1. The second-order valence-electron chi connectivity index (χ2n) is 18.3. The van der Waals surface area contributed by atoms with Gasteiger partial charge in [-0.25, -0.2) is 38.3 Å². The van der Waals surface area contributed by atoms with E-state index in [-0.39, 0.29) is 51.8 Å². The molecule has 0 amide bonds. The first kappa shape index (κ1) is 64.4. The standard InChI is InChI=1S/C11H11FN2O2.C11H12N2O2.2C11H17NO3S.C10H14O3S/c1-7(2)16-8-3-4-10(12)9(5-8)11-14-13-6-15-11;1-8(2)15-10-5-3-4-9(6-10)11-13-12-7-14-11;1-9(2)15-10-5-7-11(8-6-10)16(13,14)12(3)4;1-9(2)15-10-6-5-7-11(8-10)16(13,14)12(3)4;1-8(2)13-9-4-6-10(7-5-9)14(3,11)12/h3-7H,1-2H3;3-8H,1-2H3;2*5-9H,1-4H3;4-8H,1-3H3. The van der Waals surface area contributed by atoms with E-state index in [0.717, 1.165) is 17.7 Å². The van der Waals surface area contributed by atoms with E-state index in [0.29, 0.717) is 33.8 Å². The Hall–Kier alpha value is -6.92. The number of ether oxygens (including phenoxy) is 5. The lowest BCUT2D eigenvalue weighted by atomic mass is 10.2. The first-order chi connectivity index (χ1) is 36.0. The van der Waals surface area contributed by atoms with Gasteiger partial charge in [-0.15, -0.1) is 20.4 Å². The van der Waals surface area contributed by atoms with Crippen LogP contribution in [0, 0.1) is 5.82 Å². The van der Waals surface area contributed by atoms with E-state index in [4.69, 9.17) is 32.5 Å². The van der Waals surface area contributed by atoms with E-state index in [1.165, 1.54) is 61.6 Å². The molecule has 7 rings (SSSR count). The van der Waals surface area contributed by atoms with Gasteiger partial charge in [0.25, 0.3) is 5.89 Å². The fourth-order valence-electron chi connectivity index (χ4n) is 5.98. The zero-order valence-electron chi connectivity index (χ0n) is 46.1. The minimum Gasteiger partial charge on any atom is -0.491 e. The minimum absolute atomic E-state index is 0.0253. The third-order valence-electron chi connectivity index (χ3n) is 9.27. The number of halogens is 1. The summed E-state index contributed by atoms with van der Waals surface area (Å²) < 4.78 is 123. The first-order valence-corrected chi connectivity index (χ1v) is 28.9. The summed E-state index contributed by atoms with van der Waals surface area (Å²) in [5.74, 6) is 3.54. The molecule has 0 atom stereocenters. The lowest BCUT2D eigenvalue weighted by molar-refractivity contribution is 0.241. The second-order valence-corrected chi connectivity index (χ2v) is 24.6. The van der Waals surface area contributed by atoms with Gasteiger partial charge in [0, 0.05) is 46.1 Å². The highest BCUT2D eigenvalue weighted by Crippen LogP contribution is 2.27. The van der Waals surface area contributed by atoms with E-state index in [1.807, 2.05) is 93.5 Å². The summed E-state index contributed by atoms with van der Waals surface area (Å²) in [6.07, 6.45) is 4.04. The van der Waals surface area contributed by atoms with Crippen LogP contribution < -0.4 is 23.7 Å². The molecule has 0 aliphatic carbocycles. The van der Waals surface area contributed by atoms with Crippen molar-refractivity contribution in [3.63, 3.8) is 0 Å². The highest BCUT2D eigenvalue weighted by molar-refractivity contribution is 7.90. The van der Waals surface area contributed by atoms with Gasteiger partial charge < -0.3 is 32.5 Å². The molecule has 0 N–H and O–H groups in total. The molecule has 7 aromatic rings. The van der Waals surface area contributed by atoms with Crippen molar-refractivity contribution in [1.82, 2.24) is 29.0 Å². The van der Waals surface area contributed by atoms with Crippen molar-refractivity contribution >= 4 is 29.9 Å². The number of hydrogen-bond acceptors (Lipinski definition) is 17. The van der Waals surface area contributed by atoms with Crippen LogP contribution in [0.3, 0.4) is 0 Å². The zero-order valence-corrected chi connectivity index (χ0v) is 48.6. The largest absolute Gasteiger partial charge is 0.491 e. The predicted molar refractivity (Wildman–Crippen MR) is 292 cm³/mol. The number of nitrogens with zero attached hydrogens (tertiary/aromatic N) is 6. The molecule has 0 unspecified atom stereocenters. The van der Waals surface area contributed by atoms with Gasteiger partial charge in [0.05, 0.1) is 50.8 Å². The lowest BCUT2D eigenvalue weighted by Gasteiger charge is -2.14. The topological polar surface area (TPSA) is 233 Å². The molecule has 0 aliphatic heterocycles. The normalized spacial score (nSPS) is 11.5. The van der Waals surface area contributed by atoms with Crippen LogP contribution in [0.25, 0.3) is 22.9 Å². The Morgan fingerprint density at radius 2 is 0.818 bits per heavy atom.